The van der Waals surface area contributed by atoms with Crippen LogP contribution in [0.4, 0.5) is 5.69 Å². The van der Waals surface area contributed by atoms with E-state index >= 15 is 0 Å². The summed E-state index contributed by atoms with van der Waals surface area (Å²) in [7, 11) is 2.36. The summed E-state index contributed by atoms with van der Waals surface area (Å²) in [6.07, 6.45) is 8.04. The van der Waals surface area contributed by atoms with Gasteiger partial charge < -0.3 is 15.1 Å². The van der Waals surface area contributed by atoms with Gasteiger partial charge in [-0.3, -0.25) is 0 Å². The van der Waals surface area contributed by atoms with Crippen molar-refractivity contribution in [3.8, 4) is 0 Å². The lowest BCUT2D eigenvalue weighted by Crippen LogP contribution is -2.51. The summed E-state index contributed by atoms with van der Waals surface area (Å²) in [5.74, 6) is 0.846. The summed E-state index contributed by atoms with van der Waals surface area (Å²) >= 11 is 5.71. The fourth-order valence-electron chi connectivity index (χ4n) is 4.71. The number of hydrogen-bond acceptors (Lipinski definition) is 2. The van der Waals surface area contributed by atoms with Crippen molar-refractivity contribution in [3.05, 3.63) is 29.3 Å². The fourth-order valence-corrected chi connectivity index (χ4v) is 5.01. The van der Waals surface area contributed by atoms with Gasteiger partial charge in [0.2, 0.25) is 0 Å². The van der Waals surface area contributed by atoms with Gasteiger partial charge in [-0.05, 0) is 81.9 Å². The van der Waals surface area contributed by atoms with Crippen LogP contribution in [-0.4, -0.2) is 47.1 Å². The van der Waals surface area contributed by atoms with Crippen LogP contribution in [0.5, 0.6) is 0 Å². The van der Waals surface area contributed by atoms with Gasteiger partial charge in [0.15, 0.2) is 5.11 Å². The second-order valence-electron chi connectivity index (χ2n) is 8.46. The summed E-state index contributed by atoms with van der Waals surface area (Å²) in [5.41, 5.74) is 3.66. The smallest absolute Gasteiger partial charge is 0.173 e. The van der Waals surface area contributed by atoms with E-state index in [2.05, 4.69) is 61.1 Å². The summed E-state index contributed by atoms with van der Waals surface area (Å²) in [6, 6.07) is 7.98. The van der Waals surface area contributed by atoms with Crippen molar-refractivity contribution in [2.75, 3.05) is 25.5 Å². The number of likely N-dealkylation sites (tertiary alicyclic amines) is 1. The Morgan fingerprint density at radius 2 is 1.81 bits per heavy atom. The first-order valence-electron chi connectivity index (χ1n) is 10.3. The molecule has 2 aliphatic rings. The number of anilines is 1. The predicted octanol–water partition coefficient (Wildman–Crippen LogP) is 4.98. The lowest BCUT2D eigenvalue weighted by molar-refractivity contribution is 0.0691. The number of nitrogens with one attached hydrogen (secondary N) is 1. The zero-order chi connectivity index (χ0) is 18.7. The summed E-state index contributed by atoms with van der Waals surface area (Å²) in [5, 5.41) is 4.36. The Kier molecular flexibility index (Phi) is 6.57. The first kappa shape index (κ1) is 19.6. The monoisotopic (exact) mass is 373 g/mol. The number of hydrogen-bond donors (Lipinski definition) is 1. The summed E-state index contributed by atoms with van der Waals surface area (Å²) in [4.78, 5) is 5.05. The number of thiocarbonyl (C=S) groups is 1. The van der Waals surface area contributed by atoms with Crippen molar-refractivity contribution in [1.29, 1.82) is 0 Å². The van der Waals surface area contributed by atoms with Crippen molar-refractivity contribution >= 4 is 23.0 Å². The Hall–Kier alpha value is -1.13. The molecule has 1 aromatic carbocycles. The van der Waals surface area contributed by atoms with Crippen molar-refractivity contribution in [3.63, 3.8) is 0 Å². The Balaban J connectivity index is 1.53. The molecule has 3 nitrogen and oxygen atoms in total. The highest BCUT2D eigenvalue weighted by molar-refractivity contribution is 7.80. The third-order valence-corrected chi connectivity index (χ3v) is 6.91. The summed E-state index contributed by atoms with van der Waals surface area (Å²) < 4.78 is 0. The van der Waals surface area contributed by atoms with Crippen LogP contribution in [-0.2, 0) is 0 Å². The molecule has 1 aliphatic heterocycles. The van der Waals surface area contributed by atoms with E-state index in [1.54, 1.807) is 0 Å². The van der Waals surface area contributed by atoms with Gasteiger partial charge in [0.25, 0.3) is 0 Å². The third kappa shape index (κ3) is 4.58. The van der Waals surface area contributed by atoms with E-state index in [0.717, 1.165) is 35.8 Å². The molecule has 1 aliphatic carbocycles. The van der Waals surface area contributed by atoms with Gasteiger partial charge in [-0.1, -0.05) is 31.9 Å². The number of nitrogens with zero attached hydrogens (tertiary/aromatic N) is 2. The number of rotatable bonds is 3. The number of piperidine rings is 1. The fraction of sp³-hybridized carbons (Fsp3) is 0.682. The number of aryl methyl sites for hydroxylation is 2. The van der Waals surface area contributed by atoms with Gasteiger partial charge in [-0.2, -0.15) is 0 Å². The van der Waals surface area contributed by atoms with Crippen molar-refractivity contribution in [2.45, 2.75) is 71.4 Å². The van der Waals surface area contributed by atoms with E-state index in [9.17, 15) is 0 Å². The van der Waals surface area contributed by atoms with Crippen LogP contribution < -0.4 is 5.32 Å². The SMILES string of the molecule is Cc1ccc(C)c(NC(=S)N2CCC(N(C)C3CCCCC3C)CC2)c1. The minimum absolute atomic E-state index is 0.709. The minimum atomic E-state index is 0.709. The molecule has 0 radical (unpaired) electrons. The molecule has 2 fully saturated rings. The van der Waals surface area contributed by atoms with Crippen LogP contribution >= 0.6 is 12.2 Å². The highest BCUT2D eigenvalue weighted by Gasteiger charge is 2.31. The van der Waals surface area contributed by atoms with Crippen molar-refractivity contribution in [2.24, 2.45) is 5.92 Å². The second-order valence-corrected chi connectivity index (χ2v) is 8.85. The van der Waals surface area contributed by atoms with Crippen LogP contribution in [0.3, 0.4) is 0 Å². The molecule has 0 spiro atoms. The first-order valence-corrected chi connectivity index (χ1v) is 10.7. The van der Waals surface area contributed by atoms with E-state index in [4.69, 9.17) is 12.2 Å². The Morgan fingerprint density at radius 3 is 2.50 bits per heavy atom. The van der Waals surface area contributed by atoms with Crippen LogP contribution in [0.1, 0.15) is 56.6 Å². The molecular weight excluding hydrogens is 338 g/mol. The van der Waals surface area contributed by atoms with Crippen LogP contribution in [0.25, 0.3) is 0 Å². The first-order chi connectivity index (χ1) is 12.5. The zero-order valence-electron chi connectivity index (χ0n) is 16.9. The second kappa shape index (κ2) is 8.71. The summed E-state index contributed by atoms with van der Waals surface area (Å²) in [6.45, 7) is 8.83. The third-order valence-electron chi connectivity index (χ3n) is 6.55. The standard InChI is InChI=1S/C22H35N3S/c1-16-9-10-17(2)20(15-16)23-22(26)25-13-11-19(12-14-25)24(4)21-8-6-5-7-18(21)3/h9-10,15,18-19,21H,5-8,11-14H2,1-4H3,(H,23,26). The topological polar surface area (TPSA) is 18.5 Å². The van der Waals surface area contributed by atoms with Crippen LogP contribution in [0.15, 0.2) is 18.2 Å². The quantitative estimate of drug-likeness (QED) is 0.753. The molecule has 1 saturated carbocycles. The molecule has 26 heavy (non-hydrogen) atoms. The van der Waals surface area contributed by atoms with E-state index in [0.29, 0.717) is 6.04 Å². The molecule has 3 rings (SSSR count). The maximum Gasteiger partial charge on any atom is 0.173 e. The molecule has 2 atom stereocenters. The van der Waals surface area contributed by atoms with E-state index in [-0.39, 0.29) is 0 Å². The molecule has 1 aromatic rings. The molecule has 2 unspecified atom stereocenters. The number of benzene rings is 1. The molecule has 4 heteroatoms. The highest BCUT2D eigenvalue weighted by atomic mass is 32.1. The van der Waals surface area contributed by atoms with Gasteiger partial charge >= 0.3 is 0 Å². The Labute approximate surface area is 165 Å². The largest absolute Gasteiger partial charge is 0.349 e. The van der Waals surface area contributed by atoms with E-state index in [1.807, 2.05) is 0 Å². The molecule has 0 amide bonds. The Bertz CT molecular complexity index is 622. The molecule has 144 valence electrons. The van der Waals surface area contributed by atoms with E-state index in [1.165, 1.54) is 49.7 Å². The zero-order valence-corrected chi connectivity index (χ0v) is 17.7. The van der Waals surface area contributed by atoms with Crippen molar-refractivity contribution < 1.29 is 0 Å². The Morgan fingerprint density at radius 1 is 1.12 bits per heavy atom. The molecule has 0 aromatic heterocycles. The average Bonchev–Trinajstić information content (AvgIpc) is 2.64. The van der Waals surface area contributed by atoms with Gasteiger partial charge in [0, 0.05) is 30.9 Å². The maximum absolute atomic E-state index is 5.71. The maximum atomic E-state index is 5.71. The lowest BCUT2D eigenvalue weighted by atomic mass is 9.84. The highest BCUT2D eigenvalue weighted by Crippen LogP contribution is 2.30. The normalized spacial score (nSPS) is 24.7. The van der Waals surface area contributed by atoms with Gasteiger partial charge in [0.1, 0.15) is 0 Å². The predicted molar refractivity (Wildman–Crippen MR) is 116 cm³/mol. The molecule has 1 heterocycles. The average molecular weight is 374 g/mol. The minimum Gasteiger partial charge on any atom is -0.349 e. The van der Waals surface area contributed by atoms with Gasteiger partial charge in [0.05, 0.1) is 0 Å². The molecule has 1 saturated heterocycles. The van der Waals surface area contributed by atoms with Crippen molar-refractivity contribution in [1.82, 2.24) is 9.80 Å². The molecular formula is C22H35N3S. The molecule has 0 bridgehead atoms. The molecule has 1 N–H and O–H groups in total. The van der Waals surface area contributed by atoms with E-state index < -0.39 is 0 Å². The lowest BCUT2D eigenvalue weighted by Gasteiger charge is -2.44. The van der Waals surface area contributed by atoms with Crippen LogP contribution in [0, 0.1) is 19.8 Å². The van der Waals surface area contributed by atoms with Gasteiger partial charge in [-0.25, -0.2) is 0 Å². The van der Waals surface area contributed by atoms with Gasteiger partial charge in [-0.15, -0.1) is 0 Å². The van der Waals surface area contributed by atoms with Crippen LogP contribution in [0.2, 0.25) is 0 Å².